The number of rotatable bonds is 8. The third-order valence-corrected chi connectivity index (χ3v) is 9.06. The number of carbonyl (C=O) groups is 1. The number of carbonyl (C=O) groups excluding carboxylic acids is 1. The number of hydrogen-bond donors (Lipinski definition) is 1. The fraction of sp³-hybridized carbons (Fsp3) is 0.567. The van der Waals surface area contributed by atoms with Crippen LogP contribution in [0.1, 0.15) is 68.4 Å². The van der Waals surface area contributed by atoms with Crippen LogP contribution >= 0.6 is 11.8 Å². The molecule has 5 atom stereocenters. The molecule has 3 rings (SSSR count). The fourth-order valence-corrected chi connectivity index (χ4v) is 6.63. The van der Waals surface area contributed by atoms with Crippen LogP contribution in [0.3, 0.4) is 0 Å². The summed E-state index contributed by atoms with van der Waals surface area (Å²) in [5.74, 6) is 0.821. The zero-order valence-corrected chi connectivity index (χ0v) is 23.6. The van der Waals surface area contributed by atoms with Crippen LogP contribution in [0.4, 0.5) is 13.2 Å². The van der Waals surface area contributed by atoms with Crippen LogP contribution in [0.2, 0.25) is 0 Å². The highest BCUT2D eigenvalue weighted by atomic mass is 32.2. The Morgan fingerprint density at radius 3 is 2.16 bits per heavy atom. The average molecular weight is 537 g/mol. The molecule has 2 aromatic rings. The first kappa shape index (κ1) is 29.7. The maximum absolute atomic E-state index is 13.9. The molecule has 0 radical (unpaired) electrons. The number of hydrogen-bond acceptors (Lipinski definition) is 4. The van der Waals surface area contributed by atoms with Crippen LogP contribution in [0, 0.1) is 38.5 Å². The van der Waals surface area contributed by atoms with Gasteiger partial charge in [0, 0.05) is 23.0 Å². The fourth-order valence-electron chi connectivity index (χ4n) is 5.58. The van der Waals surface area contributed by atoms with E-state index in [1.807, 2.05) is 41.5 Å². The van der Waals surface area contributed by atoms with Crippen molar-refractivity contribution in [1.29, 1.82) is 0 Å². The highest BCUT2D eigenvalue weighted by Gasteiger charge is 2.51. The molecule has 1 aliphatic carbocycles. The maximum Gasteiger partial charge on any atom is 0.416 e. The molecule has 0 amide bonds. The van der Waals surface area contributed by atoms with Gasteiger partial charge in [-0.2, -0.15) is 13.2 Å². The van der Waals surface area contributed by atoms with E-state index in [0.29, 0.717) is 18.6 Å². The van der Waals surface area contributed by atoms with Gasteiger partial charge in [0.15, 0.2) is 6.29 Å². The second kappa shape index (κ2) is 11.5. The van der Waals surface area contributed by atoms with Crippen LogP contribution in [-0.4, -0.2) is 29.0 Å². The first-order chi connectivity index (χ1) is 17.1. The Morgan fingerprint density at radius 2 is 1.65 bits per heavy atom. The van der Waals surface area contributed by atoms with E-state index in [0.717, 1.165) is 39.3 Å². The van der Waals surface area contributed by atoms with Crippen molar-refractivity contribution in [3.05, 3.63) is 64.2 Å². The van der Waals surface area contributed by atoms with Crippen molar-refractivity contribution in [2.75, 3.05) is 5.75 Å². The number of alkyl halides is 3. The summed E-state index contributed by atoms with van der Waals surface area (Å²) in [6.45, 7) is 13.9. The van der Waals surface area contributed by atoms with Gasteiger partial charge in [-0.1, -0.05) is 38.5 Å². The summed E-state index contributed by atoms with van der Waals surface area (Å²) >= 11 is 1.50. The van der Waals surface area contributed by atoms with E-state index in [9.17, 15) is 23.1 Å². The Morgan fingerprint density at radius 1 is 1.08 bits per heavy atom. The predicted molar refractivity (Wildman–Crippen MR) is 143 cm³/mol. The van der Waals surface area contributed by atoms with Crippen molar-refractivity contribution in [1.82, 2.24) is 0 Å². The molecule has 1 saturated carbocycles. The number of benzene rings is 2. The van der Waals surface area contributed by atoms with Crippen LogP contribution < -0.4 is 0 Å². The number of ether oxygens (including phenoxy) is 1. The highest BCUT2D eigenvalue weighted by molar-refractivity contribution is 7.99. The lowest BCUT2D eigenvalue weighted by molar-refractivity contribution is -0.190. The lowest BCUT2D eigenvalue weighted by Crippen LogP contribution is -2.54. The summed E-state index contributed by atoms with van der Waals surface area (Å²) in [6, 6.07) is 9.38. The summed E-state index contributed by atoms with van der Waals surface area (Å²) in [5, 5.41) is 10.7. The third kappa shape index (κ3) is 6.61. The smallest absolute Gasteiger partial charge is 0.368 e. The molecule has 37 heavy (non-hydrogen) atoms. The van der Waals surface area contributed by atoms with Gasteiger partial charge >= 0.3 is 6.18 Å². The second-order valence-electron chi connectivity index (χ2n) is 11.2. The zero-order valence-electron chi connectivity index (χ0n) is 22.8. The van der Waals surface area contributed by atoms with Crippen molar-refractivity contribution in [3.8, 4) is 0 Å². The molecule has 0 saturated heterocycles. The molecular formula is C30H39F3O3S. The maximum atomic E-state index is 13.9. The van der Waals surface area contributed by atoms with Crippen LogP contribution in [-0.2, 0) is 21.1 Å². The minimum Gasteiger partial charge on any atom is -0.368 e. The molecule has 0 heterocycles. The molecule has 1 aliphatic rings. The molecule has 2 aromatic carbocycles. The minimum absolute atomic E-state index is 0.0398. The number of Topliss-reactive ketones (excluding diaryl/α,β-unsaturated/α-hetero) is 1. The van der Waals surface area contributed by atoms with Crippen molar-refractivity contribution < 1.29 is 27.8 Å². The molecule has 0 spiro atoms. The van der Waals surface area contributed by atoms with E-state index in [1.165, 1.54) is 23.9 Å². The second-order valence-corrected chi connectivity index (χ2v) is 12.3. The molecule has 1 fully saturated rings. The topological polar surface area (TPSA) is 46.5 Å². The van der Waals surface area contributed by atoms with Crippen molar-refractivity contribution in [2.45, 2.75) is 90.2 Å². The summed E-state index contributed by atoms with van der Waals surface area (Å²) in [4.78, 5) is 14.7. The highest BCUT2D eigenvalue weighted by Crippen LogP contribution is 2.46. The monoisotopic (exact) mass is 536 g/mol. The molecule has 204 valence electrons. The Balaban J connectivity index is 1.83. The molecule has 5 unspecified atom stereocenters. The largest absolute Gasteiger partial charge is 0.416 e. The summed E-state index contributed by atoms with van der Waals surface area (Å²) in [6.07, 6.45) is -4.81. The average Bonchev–Trinajstić information content (AvgIpc) is 2.79. The molecule has 3 nitrogen and oxygen atoms in total. The van der Waals surface area contributed by atoms with E-state index in [4.69, 9.17) is 4.74 Å². The van der Waals surface area contributed by atoms with E-state index in [2.05, 4.69) is 19.1 Å². The molecular weight excluding hydrogens is 497 g/mol. The van der Waals surface area contributed by atoms with E-state index in [-0.39, 0.29) is 23.5 Å². The molecule has 7 heteroatoms. The SMILES string of the molecule is Cc1cc(C)c(C2(C)C(=O)CC(C(C)CSc3ccc(C(F)(F)F)cc3)CC2OC(O)C(C)C)c(C)c1. The van der Waals surface area contributed by atoms with Gasteiger partial charge in [-0.15, -0.1) is 11.8 Å². The van der Waals surface area contributed by atoms with Gasteiger partial charge in [-0.05, 0) is 86.9 Å². The normalized spacial score (nSPS) is 24.4. The number of aliphatic hydroxyl groups excluding tert-OH is 1. The van der Waals surface area contributed by atoms with Gasteiger partial charge in [0.05, 0.1) is 17.1 Å². The van der Waals surface area contributed by atoms with Crippen molar-refractivity contribution in [3.63, 3.8) is 0 Å². The van der Waals surface area contributed by atoms with Gasteiger partial charge in [0.1, 0.15) is 5.78 Å². The third-order valence-electron chi connectivity index (χ3n) is 7.76. The van der Waals surface area contributed by atoms with Crippen molar-refractivity contribution in [2.24, 2.45) is 17.8 Å². The molecule has 0 aliphatic heterocycles. The first-order valence-electron chi connectivity index (χ1n) is 12.9. The lowest BCUT2D eigenvalue weighted by Gasteiger charge is -2.46. The van der Waals surface area contributed by atoms with Gasteiger partial charge in [0.2, 0.25) is 0 Å². The number of ketones is 1. The molecule has 1 N–H and O–H groups in total. The predicted octanol–water partition coefficient (Wildman–Crippen LogP) is 7.66. The van der Waals surface area contributed by atoms with Crippen molar-refractivity contribution >= 4 is 17.5 Å². The summed E-state index contributed by atoms with van der Waals surface area (Å²) in [5.41, 5.74) is 2.67. The summed E-state index contributed by atoms with van der Waals surface area (Å²) < 4.78 is 44.9. The number of aliphatic hydroxyl groups is 1. The summed E-state index contributed by atoms with van der Waals surface area (Å²) in [7, 11) is 0. The van der Waals surface area contributed by atoms with Crippen LogP contribution in [0.25, 0.3) is 0 Å². The van der Waals surface area contributed by atoms with Gasteiger partial charge in [0.25, 0.3) is 0 Å². The van der Waals surface area contributed by atoms with Crippen LogP contribution in [0.15, 0.2) is 41.3 Å². The van der Waals surface area contributed by atoms with E-state index in [1.54, 1.807) is 0 Å². The minimum atomic E-state index is -4.35. The number of halogens is 3. The van der Waals surface area contributed by atoms with E-state index >= 15 is 0 Å². The van der Waals surface area contributed by atoms with Gasteiger partial charge in [-0.25, -0.2) is 0 Å². The van der Waals surface area contributed by atoms with E-state index < -0.39 is 29.5 Å². The Kier molecular flexibility index (Phi) is 9.24. The van der Waals surface area contributed by atoms with Gasteiger partial charge < -0.3 is 9.84 Å². The zero-order chi connectivity index (χ0) is 27.7. The number of aryl methyl sites for hydroxylation is 3. The quantitative estimate of drug-likeness (QED) is 0.278. The first-order valence-corrected chi connectivity index (χ1v) is 13.9. The molecule has 0 bridgehead atoms. The standard InChI is InChI=1S/C30H39F3O3S/c1-17(2)28(35)36-26-15-22(21(6)16-37-24-10-8-23(9-11-24)30(31,32)33)14-25(34)29(26,7)27-19(4)12-18(3)13-20(27)5/h8-13,17,21-22,26,28,35H,14-16H2,1-7H3. The lowest BCUT2D eigenvalue weighted by atomic mass is 9.61. The van der Waals surface area contributed by atoms with Gasteiger partial charge in [-0.3, -0.25) is 4.79 Å². The number of thioether (sulfide) groups is 1. The Bertz CT molecular complexity index is 1070. The Hall–Kier alpha value is -1.83. The molecule has 0 aromatic heterocycles. The Labute approximate surface area is 223 Å². The van der Waals surface area contributed by atoms with Crippen LogP contribution in [0.5, 0.6) is 0 Å².